The minimum absolute atomic E-state index is 0.0843. The first kappa shape index (κ1) is 17.5. The van der Waals surface area contributed by atoms with Crippen LogP contribution in [0.3, 0.4) is 0 Å². The highest BCUT2D eigenvalue weighted by Gasteiger charge is 2.15. The van der Waals surface area contributed by atoms with E-state index >= 15 is 0 Å². The number of anilines is 1. The summed E-state index contributed by atoms with van der Waals surface area (Å²) < 4.78 is 6.67. The van der Waals surface area contributed by atoms with Crippen molar-refractivity contribution in [2.45, 2.75) is 26.4 Å². The highest BCUT2D eigenvalue weighted by molar-refractivity contribution is 14.1. The molecule has 0 aromatic heterocycles. The maximum absolute atomic E-state index is 12.2. The molecule has 23 heavy (non-hydrogen) atoms. The van der Waals surface area contributed by atoms with Crippen molar-refractivity contribution in [1.29, 1.82) is 0 Å². The van der Waals surface area contributed by atoms with Gasteiger partial charge in [-0.2, -0.15) is 0 Å². The van der Waals surface area contributed by atoms with Crippen LogP contribution in [-0.4, -0.2) is 17.8 Å². The Kier molecular flexibility index (Phi) is 6.15. The van der Waals surface area contributed by atoms with Gasteiger partial charge in [-0.25, -0.2) is 0 Å². The number of nitrogens with one attached hydrogen (secondary N) is 1. The van der Waals surface area contributed by atoms with Crippen molar-refractivity contribution in [3.63, 3.8) is 0 Å². The van der Waals surface area contributed by atoms with Crippen LogP contribution < -0.4 is 10.1 Å². The third-order valence-corrected chi connectivity index (χ3v) is 3.94. The van der Waals surface area contributed by atoms with Gasteiger partial charge in [0.05, 0.1) is 0 Å². The molecule has 0 bridgehead atoms. The lowest BCUT2D eigenvalue weighted by Crippen LogP contribution is -2.30. The first-order chi connectivity index (χ1) is 11.0. The third-order valence-electron chi connectivity index (χ3n) is 3.27. The van der Waals surface area contributed by atoms with Crippen LogP contribution in [-0.2, 0) is 4.79 Å². The van der Waals surface area contributed by atoms with Crippen molar-refractivity contribution in [2.24, 2.45) is 0 Å². The molecule has 0 spiro atoms. The van der Waals surface area contributed by atoms with Gasteiger partial charge in [0.2, 0.25) is 0 Å². The molecule has 120 valence electrons. The number of ketones is 1. The van der Waals surface area contributed by atoms with Gasteiger partial charge in [0.1, 0.15) is 5.75 Å². The molecular weight excluding hydrogens is 405 g/mol. The van der Waals surface area contributed by atoms with Gasteiger partial charge in [-0.05, 0) is 72.0 Å². The highest BCUT2D eigenvalue weighted by atomic mass is 127. The minimum atomic E-state index is -0.638. The van der Waals surface area contributed by atoms with E-state index in [0.29, 0.717) is 17.7 Å². The van der Waals surface area contributed by atoms with Gasteiger partial charge in [-0.3, -0.25) is 9.59 Å². The lowest BCUT2D eigenvalue weighted by Gasteiger charge is -2.15. The smallest absolute Gasteiger partial charge is 0.265 e. The van der Waals surface area contributed by atoms with E-state index in [4.69, 9.17) is 4.74 Å². The Morgan fingerprint density at radius 3 is 2.48 bits per heavy atom. The number of carbonyl (C=O) groups is 2. The second-order valence-electron chi connectivity index (χ2n) is 5.06. The van der Waals surface area contributed by atoms with E-state index < -0.39 is 6.10 Å². The van der Waals surface area contributed by atoms with Crippen LogP contribution in [0, 0.1) is 3.57 Å². The molecule has 2 rings (SSSR count). The van der Waals surface area contributed by atoms with Crippen LogP contribution in [0.4, 0.5) is 5.69 Å². The molecule has 0 aliphatic rings. The zero-order valence-corrected chi connectivity index (χ0v) is 15.2. The van der Waals surface area contributed by atoms with Crippen LogP contribution in [0.1, 0.15) is 30.6 Å². The van der Waals surface area contributed by atoms with Crippen molar-refractivity contribution in [2.75, 3.05) is 5.32 Å². The molecule has 1 amide bonds. The maximum Gasteiger partial charge on any atom is 0.265 e. The Balaban J connectivity index is 1.96. The van der Waals surface area contributed by atoms with Gasteiger partial charge in [0.25, 0.3) is 5.91 Å². The van der Waals surface area contributed by atoms with Gasteiger partial charge >= 0.3 is 0 Å². The number of Topliss-reactive ketones (excluding diaryl/α,β-unsaturated/α-hetero) is 1. The number of halogens is 1. The van der Waals surface area contributed by atoms with Gasteiger partial charge in [0, 0.05) is 21.2 Å². The molecule has 1 unspecified atom stereocenters. The SMILES string of the molecule is CCC(=O)c1ccc(OC(C)C(=O)Nc2cccc(I)c2)cc1. The number of hydrogen-bond donors (Lipinski definition) is 1. The zero-order valence-electron chi connectivity index (χ0n) is 13.0. The van der Waals surface area contributed by atoms with E-state index in [0.717, 1.165) is 9.26 Å². The fourth-order valence-electron chi connectivity index (χ4n) is 1.99. The Labute approximate surface area is 149 Å². The van der Waals surface area contributed by atoms with E-state index in [-0.39, 0.29) is 11.7 Å². The predicted octanol–water partition coefficient (Wildman–Crippen LogP) is 4.29. The quantitative estimate of drug-likeness (QED) is 0.557. The Bertz CT molecular complexity index is 698. The standard InChI is InChI=1S/C18H18INO3/c1-3-17(21)13-7-9-16(10-8-13)23-12(2)18(22)20-15-6-4-5-14(19)11-15/h4-12H,3H2,1-2H3,(H,20,22). The van der Waals surface area contributed by atoms with Gasteiger partial charge in [-0.15, -0.1) is 0 Å². The van der Waals surface area contributed by atoms with Crippen LogP contribution in [0.2, 0.25) is 0 Å². The van der Waals surface area contributed by atoms with E-state index in [9.17, 15) is 9.59 Å². The Hall–Kier alpha value is -1.89. The normalized spacial score (nSPS) is 11.6. The summed E-state index contributed by atoms with van der Waals surface area (Å²) in [5.74, 6) is 0.421. The van der Waals surface area contributed by atoms with Gasteiger partial charge in [0.15, 0.2) is 11.9 Å². The van der Waals surface area contributed by atoms with Crippen LogP contribution >= 0.6 is 22.6 Å². The molecule has 0 aliphatic heterocycles. The van der Waals surface area contributed by atoms with Gasteiger partial charge < -0.3 is 10.1 Å². The molecule has 1 N–H and O–H groups in total. The fourth-order valence-corrected chi connectivity index (χ4v) is 2.53. The van der Waals surface area contributed by atoms with E-state index in [1.54, 1.807) is 31.2 Å². The molecule has 1 atom stereocenters. The molecule has 4 nitrogen and oxygen atoms in total. The molecule has 0 heterocycles. The topological polar surface area (TPSA) is 55.4 Å². The largest absolute Gasteiger partial charge is 0.481 e. The number of ether oxygens (including phenoxy) is 1. The summed E-state index contributed by atoms with van der Waals surface area (Å²) in [5.41, 5.74) is 1.39. The Morgan fingerprint density at radius 1 is 1.17 bits per heavy atom. The van der Waals surface area contributed by atoms with Gasteiger partial charge in [-0.1, -0.05) is 13.0 Å². The molecule has 0 saturated carbocycles. The first-order valence-corrected chi connectivity index (χ1v) is 8.44. The molecule has 2 aromatic rings. The molecule has 0 saturated heterocycles. The zero-order chi connectivity index (χ0) is 16.8. The fraction of sp³-hybridized carbons (Fsp3) is 0.222. The molecule has 0 radical (unpaired) electrons. The second-order valence-corrected chi connectivity index (χ2v) is 6.31. The Morgan fingerprint density at radius 2 is 1.87 bits per heavy atom. The summed E-state index contributed by atoms with van der Waals surface area (Å²) in [6.45, 7) is 3.51. The lowest BCUT2D eigenvalue weighted by atomic mass is 10.1. The summed E-state index contributed by atoms with van der Waals surface area (Å²) in [6, 6.07) is 14.4. The monoisotopic (exact) mass is 423 g/mol. The molecule has 5 heteroatoms. The van der Waals surface area contributed by atoms with E-state index in [2.05, 4.69) is 27.9 Å². The number of benzene rings is 2. The molecule has 2 aromatic carbocycles. The molecule has 0 fully saturated rings. The minimum Gasteiger partial charge on any atom is -0.481 e. The van der Waals surface area contributed by atoms with Crippen LogP contribution in [0.15, 0.2) is 48.5 Å². The number of amides is 1. The van der Waals surface area contributed by atoms with E-state index in [1.807, 2.05) is 31.2 Å². The second kappa shape index (κ2) is 8.10. The van der Waals surface area contributed by atoms with Crippen molar-refractivity contribution in [3.8, 4) is 5.75 Å². The number of carbonyl (C=O) groups excluding carboxylic acids is 2. The van der Waals surface area contributed by atoms with Crippen LogP contribution in [0.5, 0.6) is 5.75 Å². The maximum atomic E-state index is 12.2. The first-order valence-electron chi connectivity index (χ1n) is 7.36. The summed E-state index contributed by atoms with van der Waals surface area (Å²) in [7, 11) is 0. The number of hydrogen-bond acceptors (Lipinski definition) is 3. The van der Waals surface area contributed by atoms with Crippen molar-refractivity contribution < 1.29 is 14.3 Å². The lowest BCUT2D eigenvalue weighted by molar-refractivity contribution is -0.122. The highest BCUT2D eigenvalue weighted by Crippen LogP contribution is 2.17. The summed E-state index contributed by atoms with van der Waals surface area (Å²) >= 11 is 2.19. The average molecular weight is 423 g/mol. The number of rotatable bonds is 6. The van der Waals surface area contributed by atoms with Crippen LogP contribution in [0.25, 0.3) is 0 Å². The average Bonchev–Trinajstić information content (AvgIpc) is 2.54. The summed E-state index contributed by atoms with van der Waals surface area (Å²) in [5, 5.41) is 2.82. The summed E-state index contributed by atoms with van der Waals surface area (Å²) in [4.78, 5) is 23.7. The van der Waals surface area contributed by atoms with Crippen molar-refractivity contribution >= 4 is 40.0 Å². The molecular formula is C18H18INO3. The summed E-state index contributed by atoms with van der Waals surface area (Å²) in [6.07, 6.45) is -0.171. The molecule has 0 aliphatic carbocycles. The van der Waals surface area contributed by atoms with Crippen molar-refractivity contribution in [1.82, 2.24) is 0 Å². The third kappa shape index (κ3) is 5.06. The predicted molar refractivity (Wildman–Crippen MR) is 98.9 cm³/mol. The van der Waals surface area contributed by atoms with Crippen molar-refractivity contribution in [3.05, 3.63) is 57.7 Å². The van der Waals surface area contributed by atoms with E-state index in [1.165, 1.54) is 0 Å².